The van der Waals surface area contributed by atoms with Gasteiger partial charge in [-0.05, 0) is 18.6 Å². The molecule has 1 amide bonds. The van der Waals surface area contributed by atoms with Gasteiger partial charge in [-0.25, -0.2) is 9.50 Å². The van der Waals surface area contributed by atoms with Crippen LogP contribution in [0.25, 0.3) is 16.6 Å². The molecular weight excluding hydrogens is 356 g/mol. The minimum atomic E-state index is -0.294. The molecule has 0 radical (unpaired) electrons. The molecule has 4 aromatic rings. The Morgan fingerprint density at radius 3 is 2.86 bits per heavy atom. The molecule has 0 fully saturated rings. The van der Waals surface area contributed by atoms with Crippen LogP contribution < -0.4 is 10.1 Å². The fourth-order valence-electron chi connectivity index (χ4n) is 2.89. The Labute approximate surface area is 163 Å². The molecule has 0 aliphatic carbocycles. The maximum Gasteiger partial charge on any atom is 0.261 e. The van der Waals surface area contributed by atoms with Crippen molar-refractivity contribution in [3.05, 3.63) is 48.5 Å². The Kier molecular flexibility index (Phi) is 5.88. The van der Waals surface area contributed by atoms with Crippen LogP contribution in [0.2, 0.25) is 0 Å². The molecule has 0 atom stereocenters. The lowest BCUT2D eigenvalue weighted by Gasteiger charge is -2.09. The lowest BCUT2D eigenvalue weighted by Crippen LogP contribution is -2.12. The van der Waals surface area contributed by atoms with Crippen LogP contribution >= 0.6 is 0 Å². The topological polar surface area (TPSA) is 86.3 Å². The van der Waals surface area contributed by atoms with Gasteiger partial charge in [0.2, 0.25) is 0 Å². The first kappa shape index (κ1) is 19.3. The standard InChI is InChI=1S/C18H18N6O2.C2H6/c1-3-6-23-11-12-8-15(16(26-2)9-14(12)22-23)21-18(25)13-10-20-24-7-4-5-19-17(13)24;1-2/h4-5,7-11H,3,6H2,1-2H3,(H,21,25);1-2H3. The van der Waals surface area contributed by atoms with Crippen LogP contribution in [0.1, 0.15) is 37.6 Å². The second kappa shape index (κ2) is 8.51. The normalized spacial score (nSPS) is 10.6. The molecule has 8 nitrogen and oxygen atoms in total. The molecule has 0 unspecified atom stereocenters. The number of hydrogen-bond acceptors (Lipinski definition) is 5. The first-order chi connectivity index (χ1) is 13.7. The van der Waals surface area contributed by atoms with Crippen LogP contribution in [-0.4, -0.2) is 37.4 Å². The van der Waals surface area contributed by atoms with E-state index >= 15 is 0 Å². The van der Waals surface area contributed by atoms with Crippen molar-refractivity contribution >= 4 is 28.1 Å². The largest absolute Gasteiger partial charge is 0.494 e. The average molecular weight is 380 g/mol. The van der Waals surface area contributed by atoms with Crippen molar-refractivity contribution in [3.8, 4) is 5.75 Å². The van der Waals surface area contributed by atoms with E-state index in [9.17, 15) is 4.79 Å². The number of nitrogens with one attached hydrogen (secondary N) is 1. The minimum absolute atomic E-state index is 0.294. The maximum atomic E-state index is 12.7. The number of methoxy groups -OCH3 is 1. The van der Waals surface area contributed by atoms with Gasteiger partial charge in [0, 0.05) is 36.6 Å². The molecule has 0 saturated carbocycles. The summed E-state index contributed by atoms with van der Waals surface area (Å²) in [5.74, 6) is 0.259. The van der Waals surface area contributed by atoms with Crippen LogP contribution in [0.5, 0.6) is 5.75 Å². The Morgan fingerprint density at radius 1 is 1.29 bits per heavy atom. The third kappa shape index (κ3) is 3.66. The highest BCUT2D eigenvalue weighted by atomic mass is 16.5. The number of carbonyl (C=O) groups excluding carboxylic acids is 1. The summed E-state index contributed by atoms with van der Waals surface area (Å²) < 4.78 is 8.88. The molecule has 0 bridgehead atoms. The van der Waals surface area contributed by atoms with Crippen molar-refractivity contribution in [2.24, 2.45) is 0 Å². The van der Waals surface area contributed by atoms with Gasteiger partial charge in [-0.3, -0.25) is 9.48 Å². The number of ether oxygens (including phenoxy) is 1. The Morgan fingerprint density at radius 2 is 2.11 bits per heavy atom. The fourth-order valence-corrected chi connectivity index (χ4v) is 2.89. The van der Waals surface area contributed by atoms with Gasteiger partial charge in [0.15, 0.2) is 5.65 Å². The van der Waals surface area contributed by atoms with Crippen LogP contribution in [0.15, 0.2) is 43.0 Å². The molecule has 0 spiro atoms. The van der Waals surface area contributed by atoms with Crippen LogP contribution in [-0.2, 0) is 6.54 Å². The first-order valence-electron chi connectivity index (χ1n) is 9.34. The number of carbonyl (C=O) groups is 1. The highest BCUT2D eigenvalue weighted by Crippen LogP contribution is 2.30. The highest BCUT2D eigenvalue weighted by molar-refractivity contribution is 6.09. The summed E-state index contributed by atoms with van der Waals surface area (Å²) in [5, 5.41) is 12.5. The number of hydrogen-bond donors (Lipinski definition) is 1. The predicted molar refractivity (Wildman–Crippen MR) is 109 cm³/mol. The van der Waals surface area contributed by atoms with Gasteiger partial charge in [-0.1, -0.05) is 20.8 Å². The van der Waals surface area contributed by atoms with E-state index in [0.29, 0.717) is 22.6 Å². The lowest BCUT2D eigenvalue weighted by atomic mass is 10.2. The number of benzene rings is 1. The summed E-state index contributed by atoms with van der Waals surface area (Å²) in [7, 11) is 1.57. The van der Waals surface area contributed by atoms with E-state index in [1.54, 1.807) is 30.1 Å². The smallest absolute Gasteiger partial charge is 0.261 e. The van der Waals surface area contributed by atoms with Crippen molar-refractivity contribution in [1.29, 1.82) is 0 Å². The molecule has 0 saturated heterocycles. The SMILES string of the molecule is CC.CCCn1cc2cc(NC(=O)c3cnn4cccnc34)c(OC)cc2n1. The molecule has 0 aliphatic heterocycles. The predicted octanol–water partition coefficient (Wildman–Crippen LogP) is 3.78. The maximum absolute atomic E-state index is 12.7. The quantitative estimate of drug-likeness (QED) is 0.569. The third-order valence-electron chi connectivity index (χ3n) is 4.10. The van der Waals surface area contributed by atoms with Crippen LogP contribution in [0.3, 0.4) is 0 Å². The van der Waals surface area contributed by atoms with Gasteiger partial charge in [-0.15, -0.1) is 0 Å². The van der Waals surface area contributed by atoms with E-state index < -0.39 is 0 Å². The highest BCUT2D eigenvalue weighted by Gasteiger charge is 2.17. The van der Waals surface area contributed by atoms with Gasteiger partial charge in [0.1, 0.15) is 11.3 Å². The Balaban J connectivity index is 0.00000109. The zero-order valence-electron chi connectivity index (χ0n) is 16.5. The number of nitrogens with zero attached hydrogens (tertiary/aromatic N) is 5. The second-order valence-corrected chi connectivity index (χ2v) is 5.90. The number of anilines is 1. The summed E-state index contributed by atoms with van der Waals surface area (Å²) in [4.78, 5) is 16.9. The summed E-state index contributed by atoms with van der Waals surface area (Å²) in [5.41, 5.74) is 2.30. The zero-order valence-corrected chi connectivity index (χ0v) is 16.5. The van der Waals surface area contributed by atoms with Crippen molar-refractivity contribution in [2.45, 2.75) is 33.7 Å². The van der Waals surface area contributed by atoms with Crippen LogP contribution in [0.4, 0.5) is 5.69 Å². The van der Waals surface area contributed by atoms with Gasteiger partial charge >= 0.3 is 0 Å². The molecule has 146 valence electrons. The molecule has 28 heavy (non-hydrogen) atoms. The fraction of sp³-hybridized carbons (Fsp3) is 0.300. The number of rotatable bonds is 5. The van der Waals surface area contributed by atoms with E-state index in [0.717, 1.165) is 23.9 Å². The molecule has 4 rings (SSSR count). The molecule has 3 aromatic heterocycles. The molecule has 3 heterocycles. The molecule has 1 aromatic carbocycles. The zero-order chi connectivity index (χ0) is 20.1. The van der Waals surface area contributed by atoms with E-state index in [1.807, 2.05) is 36.9 Å². The number of aryl methyl sites for hydroxylation is 1. The summed E-state index contributed by atoms with van der Waals surface area (Å²) >= 11 is 0. The first-order valence-corrected chi connectivity index (χ1v) is 9.34. The monoisotopic (exact) mass is 380 g/mol. The van der Waals surface area contributed by atoms with Gasteiger partial charge in [0.05, 0.1) is 24.5 Å². The molecular formula is C20H24N6O2. The minimum Gasteiger partial charge on any atom is -0.494 e. The Hall–Kier alpha value is -3.42. The van der Waals surface area contributed by atoms with E-state index in [-0.39, 0.29) is 5.91 Å². The van der Waals surface area contributed by atoms with E-state index in [1.165, 1.54) is 6.20 Å². The number of fused-ring (bicyclic) bond motifs is 2. The summed E-state index contributed by atoms with van der Waals surface area (Å²) in [6, 6.07) is 5.45. The molecule has 8 heteroatoms. The summed E-state index contributed by atoms with van der Waals surface area (Å²) in [6.07, 6.45) is 7.83. The van der Waals surface area contributed by atoms with Crippen molar-refractivity contribution in [2.75, 3.05) is 12.4 Å². The van der Waals surface area contributed by atoms with Crippen molar-refractivity contribution in [3.63, 3.8) is 0 Å². The van der Waals surface area contributed by atoms with Crippen LogP contribution in [0, 0.1) is 0 Å². The third-order valence-corrected chi connectivity index (χ3v) is 4.10. The van der Waals surface area contributed by atoms with E-state index in [4.69, 9.17) is 4.74 Å². The lowest BCUT2D eigenvalue weighted by molar-refractivity contribution is 0.102. The van der Waals surface area contributed by atoms with Crippen molar-refractivity contribution in [1.82, 2.24) is 24.4 Å². The second-order valence-electron chi connectivity index (χ2n) is 5.90. The number of aromatic nitrogens is 5. The van der Waals surface area contributed by atoms with E-state index in [2.05, 4.69) is 27.4 Å². The average Bonchev–Trinajstić information content (AvgIpc) is 3.32. The Bertz CT molecular complexity index is 1100. The van der Waals surface area contributed by atoms with Gasteiger partial charge in [-0.2, -0.15) is 10.2 Å². The van der Waals surface area contributed by atoms with Gasteiger partial charge < -0.3 is 10.1 Å². The van der Waals surface area contributed by atoms with Gasteiger partial charge in [0.25, 0.3) is 5.91 Å². The van der Waals surface area contributed by atoms with Crippen molar-refractivity contribution < 1.29 is 9.53 Å². The number of amides is 1. The molecule has 0 aliphatic rings. The summed E-state index contributed by atoms with van der Waals surface area (Å²) in [6.45, 7) is 6.94. The molecule has 1 N–H and O–H groups in total.